The maximum atomic E-state index is 10.5. The van der Waals surface area contributed by atoms with Crippen LogP contribution in [0.15, 0.2) is 17.0 Å². The Morgan fingerprint density at radius 2 is 1.94 bits per heavy atom. The molecule has 0 aliphatic heterocycles. The monoisotopic (exact) mass is 243 g/mol. The molecule has 0 unspecified atom stereocenters. The molecule has 8 heteroatoms. The maximum Gasteiger partial charge on any atom is 0.313 e. The number of thioether (sulfide) groups is 1. The van der Waals surface area contributed by atoms with E-state index in [0.717, 1.165) is 23.9 Å². The van der Waals surface area contributed by atoms with Crippen LogP contribution in [0.25, 0.3) is 0 Å². The molecule has 0 aliphatic carbocycles. The van der Waals surface area contributed by atoms with Crippen LogP contribution in [-0.4, -0.2) is 21.8 Å². The molecule has 0 heterocycles. The largest absolute Gasteiger partial charge is 0.481 e. The van der Waals surface area contributed by atoms with Crippen molar-refractivity contribution >= 4 is 34.8 Å². The predicted molar refractivity (Wildman–Crippen MR) is 60.3 cm³/mol. The summed E-state index contributed by atoms with van der Waals surface area (Å²) >= 11 is 0.930. The average Bonchev–Trinajstić information content (AvgIpc) is 2.15. The van der Waals surface area contributed by atoms with E-state index in [9.17, 15) is 14.9 Å². The molecule has 86 valence electrons. The second-order valence-electron chi connectivity index (χ2n) is 2.89. The van der Waals surface area contributed by atoms with Crippen LogP contribution >= 0.6 is 11.8 Å². The van der Waals surface area contributed by atoms with Gasteiger partial charge >= 0.3 is 5.97 Å². The van der Waals surface area contributed by atoms with E-state index in [1.807, 2.05) is 0 Å². The van der Waals surface area contributed by atoms with E-state index in [1.54, 1.807) is 0 Å². The van der Waals surface area contributed by atoms with E-state index in [1.165, 1.54) is 0 Å². The molecule has 0 spiro atoms. The number of non-ortho nitro benzene ring substituents is 1. The first-order valence-electron chi connectivity index (χ1n) is 4.09. The Kier molecular flexibility index (Phi) is 3.56. The number of hydrogen-bond donors (Lipinski definition) is 3. The molecule has 0 amide bonds. The van der Waals surface area contributed by atoms with Crippen LogP contribution < -0.4 is 11.5 Å². The molecule has 0 fully saturated rings. The molecular weight excluding hydrogens is 234 g/mol. The lowest BCUT2D eigenvalue weighted by atomic mass is 10.2. The van der Waals surface area contributed by atoms with Crippen LogP contribution in [-0.2, 0) is 4.79 Å². The lowest BCUT2D eigenvalue weighted by Crippen LogP contribution is -2.02. The summed E-state index contributed by atoms with van der Waals surface area (Å²) < 4.78 is 0. The van der Waals surface area contributed by atoms with E-state index in [4.69, 9.17) is 16.6 Å². The number of nitro groups is 1. The van der Waals surface area contributed by atoms with Crippen molar-refractivity contribution in [1.29, 1.82) is 0 Å². The lowest BCUT2D eigenvalue weighted by molar-refractivity contribution is -0.384. The predicted octanol–water partition coefficient (Wildman–Crippen LogP) is 0.936. The van der Waals surface area contributed by atoms with Crippen molar-refractivity contribution in [3.63, 3.8) is 0 Å². The number of nitrogens with zero attached hydrogens (tertiary/aromatic N) is 1. The van der Waals surface area contributed by atoms with Crippen LogP contribution in [0.2, 0.25) is 0 Å². The van der Waals surface area contributed by atoms with E-state index in [0.29, 0.717) is 4.90 Å². The average molecular weight is 243 g/mol. The SMILES string of the molecule is Nc1cc([N+](=O)[O-])cc(N)c1SCC(=O)O. The van der Waals surface area contributed by atoms with Crippen LogP contribution in [0.5, 0.6) is 0 Å². The fourth-order valence-corrected chi connectivity index (χ4v) is 1.78. The van der Waals surface area contributed by atoms with Crippen molar-refractivity contribution in [2.75, 3.05) is 17.2 Å². The second kappa shape index (κ2) is 4.71. The number of rotatable bonds is 4. The zero-order valence-electron chi connectivity index (χ0n) is 8.04. The van der Waals surface area contributed by atoms with Crippen LogP contribution in [0.3, 0.4) is 0 Å². The topological polar surface area (TPSA) is 132 Å². The smallest absolute Gasteiger partial charge is 0.313 e. The molecule has 1 rings (SSSR count). The standard InChI is InChI=1S/C8H9N3O4S/c9-5-1-4(11(14)15)2-6(10)8(5)16-3-7(12)13/h1-2H,3,9-10H2,(H,12,13). The van der Waals surface area contributed by atoms with Gasteiger partial charge in [0.05, 0.1) is 26.9 Å². The number of aliphatic carboxylic acids is 1. The van der Waals surface area contributed by atoms with Crippen LogP contribution in [0, 0.1) is 10.1 Å². The third-order valence-corrected chi connectivity index (χ3v) is 2.83. The first-order chi connectivity index (χ1) is 7.41. The molecule has 0 aliphatic rings. The minimum atomic E-state index is -1.01. The summed E-state index contributed by atoms with van der Waals surface area (Å²) in [6, 6.07) is 2.31. The number of nitro benzene ring substituents is 1. The fraction of sp³-hybridized carbons (Fsp3) is 0.125. The first kappa shape index (κ1) is 12.1. The number of anilines is 2. The Morgan fingerprint density at radius 3 is 2.31 bits per heavy atom. The van der Waals surface area contributed by atoms with E-state index in [2.05, 4.69) is 0 Å². The highest BCUT2D eigenvalue weighted by Gasteiger charge is 2.14. The summed E-state index contributed by atoms with van der Waals surface area (Å²) in [7, 11) is 0. The van der Waals surface area contributed by atoms with Gasteiger partial charge in [-0.15, -0.1) is 11.8 Å². The second-order valence-corrected chi connectivity index (χ2v) is 3.88. The highest BCUT2D eigenvalue weighted by Crippen LogP contribution is 2.34. The molecule has 1 aromatic rings. The van der Waals surface area contributed by atoms with Gasteiger partial charge in [0.1, 0.15) is 0 Å². The molecule has 16 heavy (non-hydrogen) atoms. The summed E-state index contributed by atoms with van der Waals surface area (Å²) in [5, 5.41) is 19.0. The Morgan fingerprint density at radius 1 is 1.44 bits per heavy atom. The Bertz CT molecular complexity index is 426. The molecule has 0 radical (unpaired) electrons. The zero-order chi connectivity index (χ0) is 12.3. The molecule has 0 saturated carbocycles. The Labute approximate surface area is 94.6 Å². The van der Waals surface area contributed by atoms with Gasteiger partial charge in [-0.25, -0.2) is 0 Å². The van der Waals surface area contributed by atoms with Crippen molar-refractivity contribution in [3.8, 4) is 0 Å². The molecule has 0 bridgehead atoms. The maximum absolute atomic E-state index is 10.5. The van der Waals surface area contributed by atoms with Gasteiger partial charge in [0, 0.05) is 12.1 Å². The molecule has 0 aromatic heterocycles. The van der Waals surface area contributed by atoms with Gasteiger partial charge in [0.25, 0.3) is 5.69 Å². The fourth-order valence-electron chi connectivity index (χ4n) is 1.06. The third kappa shape index (κ3) is 2.76. The number of carbonyl (C=O) groups is 1. The van der Waals surface area contributed by atoms with Crippen LogP contribution in [0.4, 0.5) is 17.1 Å². The lowest BCUT2D eigenvalue weighted by Gasteiger charge is -2.07. The van der Waals surface area contributed by atoms with Gasteiger partial charge in [0.2, 0.25) is 0 Å². The summed E-state index contributed by atoms with van der Waals surface area (Å²) in [5.74, 6) is -1.21. The summed E-state index contributed by atoms with van der Waals surface area (Å²) in [4.78, 5) is 20.6. The normalized spacial score (nSPS) is 10.0. The number of carboxylic acids is 1. The van der Waals surface area contributed by atoms with Gasteiger partial charge in [-0.2, -0.15) is 0 Å². The summed E-state index contributed by atoms with van der Waals surface area (Å²) in [5.41, 5.74) is 11.1. The number of benzene rings is 1. The van der Waals surface area contributed by atoms with Gasteiger partial charge in [-0.3, -0.25) is 14.9 Å². The minimum Gasteiger partial charge on any atom is -0.481 e. The molecule has 5 N–H and O–H groups in total. The van der Waals surface area contributed by atoms with Crippen molar-refractivity contribution in [1.82, 2.24) is 0 Å². The van der Waals surface area contributed by atoms with Gasteiger partial charge in [0.15, 0.2) is 0 Å². The number of carboxylic acid groups (broad SMARTS) is 1. The first-order valence-corrected chi connectivity index (χ1v) is 5.08. The van der Waals surface area contributed by atoms with Crippen molar-refractivity contribution in [3.05, 3.63) is 22.2 Å². The molecule has 7 nitrogen and oxygen atoms in total. The highest BCUT2D eigenvalue weighted by molar-refractivity contribution is 8.00. The van der Waals surface area contributed by atoms with Crippen LogP contribution in [0.1, 0.15) is 0 Å². The van der Waals surface area contributed by atoms with E-state index < -0.39 is 10.9 Å². The summed E-state index contributed by atoms with van der Waals surface area (Å²) in [6.07, 6.45) is 0. The third-order valence-electron chi connectivity index (χ3n) is 1.68. The zero-order valence-corrected chi connectivity index (χ0v) is 8.86. The highest BCUT2D eigenvalue weighted by atomic mass is 32.2. The molecule has 1 aromatic carbocycles. The molecule has 0 atom stereocenters. The van der Waals surface area contributed by atoms with Crippen molar-refractivity contribution < 1.29 is 14.8 Å². The van der Waals surface area contributed by atoms with Crippen molar-refractivity contribution in [2.24, 2.45) is 0 Å². The minimum absolute atomic E-state index is 0.109. The van der Waals surface area contributed by atoms with Crippen molar-refractivity contribution in [2.45, 2.75) is 4.90 Å². The van der Waals surface area contributed by atoms with Gasteiger partial charge in [-0.1, -0.05) is 0 Å². The number of nitrogen functional groups attached to an aromatic ring is 2. The van der Waals surface area contributed by atoms with Gasteiger partial charge < -0.3 is 16.6 Å². The Hall–Kier alpha value is -1.96. The quantitative estimate of drug-likeness (QED) is 0.310. The summed E-state index contributed by atoms with van der Waals surface area (Å²) in [6.45, 7) is 0. The number of nitrogens with two attached hydrogens (primary N) is 2. The van der Waals surface area contributed by atoms with Gasteiger partial charge in [-0.05, 0) is 0 Å². The van der Waals surface area contributed by atoms with E-state index >= 15 is 0 Å². The Balaban J connectivity index is 3.03. The molecule has 0 saturated heterocycles. The molecular formula is C8H9N3O4S. The number of hydrogen-bond acceptors (Lipinski definition) is 6. The van der Waals surface area contributed by atoms with E-state index in [-0.39, 0.29) is 22.8 Å².